The van der Waals surface area contributed by atoms with Gasteiger partial charge in [0, 0.05) is 5.92 Å². The van der Waals surface area contributed by atoms with Crippen molar-refractivity contribution >= 4 is 12.1 Å². The Labute approximate surface area is 107 Å². The van der Waals surface area contributed by atoms with Crippen molar-refractivity contribution in [3.8, 4) is 0 Å². The Morgan fingerprint density at radius 1 is 1.39 bits per heavy atom. The summed E-state index contributed by atoms with van der Waals surface area (Å²) in [7, 11) is 1.28. The second-order valence-corrected chi connectivity index (χ2v) is 5.38. The van der Waals surface area contributed by atoms with E-state index in [2.05, 4.69) is 10.1 Å². The molecule has 3 unspecified atom stereocenters. The fourth-order valence-electron chi connectivity index (χ4n) is 1.54. The first kappa shape index (κ1) is 14.8. The van der Waals surface area contributed by atoms with E-state index in [-0.39, 0.29) is 12.0 Å². The molecule has 1 aliphatic rings. The summed E-state index contributed by atoms with van der Waals surface area (Å²) >= 11 is 0. The normalized spacial score (nSPS) is 21.7. The lowest BCUT2D eigenvalue weighted by atomic mass is 9.99. The molecule has 104 valence electrons. The van der Waals surface area contributed by atoms with Crippen molar-refractivity contribution in [3.05, 3.63) is 0 Å². The van der Waals surface area contributed by atoms with Crippen LogP contribution in [0.1, 0.15) is 27.7 Å². The second kappa shape index (κ2) is 5.56. The van der Waals surface area contributed by atoms with Crippen LogP contribution in [0.2, 0.25) is 0 Å². The Balaban J connectivity index is 2.60. The highest BCUT2D eigenvalue weighted by atomic mass is 16.6. The number of rotatable bonds is 4. The fraction of sp³-hybridized carbons (Fsp3) is 0.833. The van der Waals surface area contributed by atoms with Crippen LogP contribution < -0.4 is 5.32 Å². The lowest BCUT2D eigenvalue weighted by Gasteiger charge is -2.25. The summed E-state index contributed by atoms with van der Waals surface area (Å²) in [6, 6.07) is -0.752. The maximum absolute atomic E-state index is 11.7. The van der Waals surface area contributed by atoms with Crippen molar-refractivity contribution in [1.29, 1.82) is 0 Å². The molecule has 1 amide bonds. The Bertz CT molecular complexity index is 319. The predicted octanol–water partition coefficient (Wildman–Crippen LogP) is 1.09. The summed E-state index contributed by atoms with van der Waals surface area (Å²) in [5, 5.41) is 2.53. The minimum atomic E-state index is -0.752. The predicted molar refractivity (Wildman–Crippen MR) is 64.1 cm³/mol. The van der Waals surface area contributed by atoms with Gasteiger partial charge in [-0.25, -0.2) is 9.59 Å². The minimum absolute atomic E-state index is 0.0102. The van der Waals surface area contributed by atoms with E-state index >= 15 is 0 Å². The second-order valence-electron chi connectivity index (χ2n) is 5.38. The van der Waals surface area contributed by atoms with Gasteiger partial charge in [0.05, 0.1) is 19.8 Å². The highest BCUT2D eigenvalue weighted by molar-refractivity contribution is 5.81. The van der Waals surface area contributed by atoms with E-state index in [1.807, 2.05) is 6.92 Å². The maximum Gasteiger partial charge on any atom is 0.408 e. The lowest BCUT2D eigenvalue weighted by Crippen LogP contribution is -2.48. The molecule has 3 atom stereocenters. The molecule has 0 bridgehead atoms. The molecule has 1 aliphatic heterocycles. The van der Waals surface area contributed by atoms with Crippen molar-refractivity contribution in [2.24, 2.45) is 5.92 Å². The molecule has 1 saturated heterocycles. The zero-order valence-electron chi connectivity index (χ0n) is 11.5. The Morgan fingerprint density at radius 2 is 1.94 bits per heavy atom. The summed E-state index contributed by atoms with van der Waals surface area (Å²) in [6.45, 7) is 7.70. The lowest BCUT2D eigenvalue weighted by molar-refractivity contribution is -0.144. The van der Waals surface area contributed by atoms with E-state index in [0.29, 0.717) is 6.61 Å². The van der Waals surface area contributed by atoms with Crippen LogP contribution in [0.15, 0.2) is 0 Å². The number of esters is 1. The van der Waals surface area contributed by atoms with Crippen molar-refractivity contribution in [1.82, 2.24) is 5.32 Å². The average Bonchev–Trinajstić information content (AvgIpc) is 3.05. The number of hydrogen-bond donors (Lipinski definition) is 1. The van der Waals surface area contributed by atoms with Crippen LogP contribution in [0, 0.1) is 5.92 Å². The number of methoxy groups -OCH3 is 1. The molecule has 0 radical (unpaired) electrons. The molecule has 1 heterocycles. The van der Waals surface area contributed by atoms with Gasteiger partial charge in [0.25, 0.3) is 0 Å². The van der Waals surface area contributed by atoms with Gasteiger partial charge in [-0.05, 0) is 20.8 Å². The number of carbonyl (C=O) groups excluding carboxylic acids is 2. The van der Waals surface area contributed by atoms with Gasteiger partial charge in [0.1, 0.15) is 11.6 Å². The zero-order chi connectivity index (χ0) is 13.9. The summed E-state index contributed by atoms with van der Waals surface area (Å²) < 4.78 is 14.9. The topological polar surface area (TPSA) is 77.2 Å². The van der Waals surface area contributed by atoms with Gasteiger partial charge >= 0.3 is 12.1 Å². The van der Waals surface area contributed by atoms with E-state index in [1.165, 1.54) is 7.11 Å². The molecule has 6 nitrogen and oxygen atoms in total. The van der Waals surface area contributed by atoms with Crippen LogP contribution in [0.4, 0.5) is 4.79 Å². The van der Waals surface area contributed by atoms with Gasteiger partial charge < -0.3 is 19.5 Å². The molecule has 18 heavy (non-hydrogen) atoms. The van der Waals surface area contributed by atoms with Gasteiger partial charge in [0.2, 0.25) is 0 Å². The van der Waals surface area contributed by atoms with Gasteiger partial charge in [-0.1, -0.05) is 6.92 Å². The van der Waals surface area contributed by atoms with Crippen molar-refractivity contribution in [2.75, 3.05) is 13.7 Å². The average molecular weight is 259 g/mol. The number of hydrogen-bond acceptors (Lipinski definition) is 5. The van der Waals surface area contributed by atoms with E-state index in [1.54, 1.807) is 20.8 Å². The van der Waals surface area contributed by atoms with Crippen LogP contribution in [-0.2, 0) is 19.0 Å². The molecular formula is C12H21NO5. The molecule has 1 fully saturated rings. The fourth-order valence-corrected chi connectivity index (χ4v) is 1.54. The largest absolute Gasteiger partial charge is 0.467 e. The number of nitrogens with one attached hydrogen (secondary N) is 1. The molecular weight excluding hydrogens is 238 g/mol. The van der Waals surface area contributed by atoms with Crippen LogP contribution >= 0.6 is 0 Å². The van der Waals surface area contributed by atoms with E-state index in [4.69, 9.17) is 9.47 Å². The first-order valence-electron chi connectivity index (χ1n) is 5.93. The summed E-state index contributed by atoms with van der Waals surface area (Å²) in [6.07, 6.45) is -0.644. The molecule has 0 aromatic heterocycles. The van der Waals surface area contributed by atoms with Crippen LogP contribution in [0.3, 0.4) is 0 Å². The number of ether oxygens (including phenoxy) is 3. The van der Waals surface area contributed by atoms with Gasteiger partial charge in [-0.2, -0.15) is 0 Å². The zero-order valence-corrected chi connectivity index (χ0v) is 11.5. The minimum Gasteiger partial charge on any atom is -0.467 e. The Hall–Kier alpha value is -1.30. The molecule has 0 saturated carbocycles. The SMILES string of the molecule is COC(=O)C(NC(=O)OC(C)(C)C)C(C)C1CO1. The van der Waals surface area contributed by atoms with Gasteiger partial charge in [-0.3, -0.25) is 0 Å². The Morgan fingerprint density at radius 3 is 2.33 bits per heavy atom. The monoisotopic (exact) mass is 259 g/mol. The van der Waals surface area contributed by atoms with Gasteiger partial charge in [0.15, 0.2) is 0 Å². The quantitative estimate of drug-likeness (QED) is 0.604. The molecule has 6 heteroatoms. The Kier molecular flexibility index (Phi) is 4.56. The van der Waals surface area contributed by atoms with E-state index in [0.717, 1.165) is 0 Å². The van der Waals surface area contributed by atoms with E-state index < -0.39 is 23.7 Å². The highest BCUT2D eigenvalue weighted by Gasteiger charge is 2.40. The number of carbonyl (C=O) groups is 2. The third-order valence-electron chi connectivity index (χ3n) is 2.60. The molecule has 1 N–H and O–H groups in total. The highest BCUT2D eigenvalue weighted by Crippen LogP contribution is 2.23. The first-order valence-corrected chi connectivity index (χ1v) is 5.93. The first-order chi connectivity index (χ1) is 8.24. The maximum atomic E-state index is 11.7. The molecule has 0 aromatic carbocycles. The third-order valence-corrected chi connectivity index (χ3v) is 2.60. The number of alkyl carbamates (subject to hydrolysis) is 1. The summed E-state index contributed by atoms with van der Waals surface area (Å²) in [5.74, 6) is -0.645. The number of epoxide rings is 1. The summed E-state index contributed by atoms with van der Waals surface area (Å²) in [4.78, 5) is 23.3. The van der Waals surface area contributed by atoms with Crippen LogP contribution in [-0.4, -0.2) is 43.5 Å². The molecule has 0 aliphatic carbocycles. The molecule has 0 spiro atoms. The third kappa shape index (κ3) is 4.52. The molecule has 0 aromatic rings. The van der Waals surface area contributed by atoms with Crippen molar-refractivity contribution in [2.45, 2.75) is 45.4 Å². The number of amides is 1. The van der Waals surface area contributed by atoms with E-state index in [9.17, 15) is 9.59 Å². The standard InChI is InChI=1S/C12H21NO5/c1-7(8-6-17-8)9(10(14)16-5)13-11(15)18-12(2,3)4/h7-9H,6H2,1-5H3,(H,13,15). The van der Waals surface area contributed by atoms with Crippen molar-refractivity contribution < 1.29 is 23.8 Å². The summed E-state index contributed by atoms with van der Waals surface area (Å²) in [5.41, 5.74) is -0.607. The molecule has 1 rings (SSSR count). The van der Waals surface area contributed by atoms with Crippen molar-refractivity contribution in [3.63, 3.8) is 0 Å². The van der Waals surface area contributed by atoms with Crippen LogP contribution in [0.5, 0.6) is 0 Å². The smallest absolute Gasteiger partial charge is 0.408 e. The van der Waals surface area contributed by atoms with Crippen LogP contribution in [0.25, 0.3) is 0 Å². The van der Waals surface area contributed by atoms with Gasteiger partial charge in [-0.15, -0.1) is 0 Å².